The number of hydrogen-bond donors (Lipinski definition) is 1. The van der Waals surface area contributed by atoms with Gasteiger partial charge in [0.05, 0.1) is 0 Å². The maximum Gasteiger partial charge on any atom is 0.0330 e. The summed E-state index contributed by atoms with van der Waals surface area (Å²) in [6.45, 7) is 6.79. The Kier molecular flexibility index (Phi) is 4.54. The van der Waals surface area contributed by atoms with Gasteiger partial charge in [0.15, 0.2) is 0 Å². The molecule has 0 amide bonds. The highest BCUT2D eigenvalue weighted by Gasteiger charge is 2.46. The summed E-state index contributed by atoms with van der Waals surface area (Å²) in [5, 5.41) is 0. The molecule has 2 fully saturated rings. The first kappa shape index (κ1) is 16.3. The molecule has 2 aliphatic carbocycles. The van der Waals surface area contributed by atoms with E-state index in [0.29, 0.717) is 11.0 Å². The predicted octanol–water partition coefficient (Wildman–Crippen LogP) is 2.70. The maximum atomic E-state index is 6.23. The molecular weight excluding hydrogens is 246 g/mol. The van der Waals surface area contributed by atoms with Crippen molar-refractivity contribution in [1.29, 1.82) is 0 Å². The molecule has 0 unspecified atom stereocenters. The summed E-state index contributed by atoms with van der Waals surface area (Å²) < 4.78 is 0. The Bertz CT molecular complexity index is 321. The van der Waals surface area contributed by atoms with Gasteiger partial charge < -0.3 is 10.6 Å². The zero-order chi connectivity index (χ0) is 15.0. The Balaban J connectivity index is 2.04. The second-order valence-electron chi connectivity index (χ2n) is 8.42. The Labute approximate surface area is 125 Å². The Hall–Kier alpha value is -0.120. The van der Waals surface area contributed by atoms with Crippen molar-refractivity contribution in [2.24, 2.45) is 11.1 Å². The van der Waals surface area contributed by atoms with Crippen LogP contribution in [0.2, 0.25) is 0 Å². The zero-order valence-corrected chi connectivity index (χ0v) is 14.3. The van der Waals surface area contributed by atoms with E-state index in [1.165, 1.54) is 51.5 Å². The van der Waals surface area contributed by atoms with Gasteiger partial charge in [-0.05, 0) is 71.5 Å². The van der Waals surface area contributed by atoms with Crippen LogP contribution in [0.4, 0.5) is 0 Å². The third-order valence-corrected chi connectivity index (χ3v) is 6.49. The van der Waals surface area contributed by atoms with Gasteiger partial charge in [0.25, 0.3) is 0 Å². The summed E-state index contributed by atoms with van der Waals surface area (Å²) in [7, 11) is 6.80. The highest BCUT2D eigenvalue weighted by atomic mass is 15.3. The van der Waals surface area contributed by atoms with Gasteiger partial charge in [-0.2, -0.15) is 0 Å². The topological polar surface area (TPSA) is 32.5 Å². The molecule has 0 heterocycles. The van der Waals surface area contributed by atoms with E-state index in [-0.39, 0.29) is 5.54 Å². The molecule has 118 valence electrons. The van der Waals surface area contributed by atoms with Crippen molar-refractivity contribution in [1.82, 2.24) is 9.80 Å². The van der Waals surface area contributed by atoms with Crippen molar-refractivity contribution < 1.29 is 0 Å². The van der Waals surface area contributed by atoms with Gasteiger partial charge >= 0.3 is 0 Å². The minimum Gasteiger partial charge on any atom is -0.329 e. The first-order valence-corrected chi connectivity index (χ1v) is 8.34. The molecular formula is C17H35N3. The molecule has 0 saturated heterocycles. The number of likely N-dealkylation sites (N-methyl/N-ethyl adjacent to an activating group) is 2. The SMILES string of the molecule is CN(C)C1(CN(C)C2(CN)CCC(C)(C)CC2)CCC1. The molecule has 0 aromatic carbocycles. The molecule has 0 aromatic rings. The second-order valence-corrected chi connectivity index (χ2v) is 8.42. The van der Waals surface area contributed by atoms with Crippen molar-refractivity contribution in [2.75, 3.05) is 34.2 Å². The van der Waals surface area contributed by atoms with Crippen LogP contribution in [0.25, 0.3) is 0 Å². The molecule has 2 N–H and O–H groups in total. The second kappa shape index (κ2) is 5.58. The summed E-state index contributed by atoms with van der Waals surface area (Å²) in [5.74, 6) is 0. The van der Waals surface area contributed by atoms with Crippen molar-refractivity contribution in [3.05, 3.63) is 0 Å². The van der Waals surface area contributed by atoms with Crippen LogP contribution in [0.1, 0.15) is 58.8 Å². The third-order valence-electron chi connectivity index (χ3n) is 6.49. The molecule has 0 atom stereocenters. The van der Waals surface area contributed by atoms with Crippen LogP contribution < -0.4 is 5.73 Å². The average molecular weight is 281 g/mol. The third kappa shape index (κ3) is 2.90. The van der Waals surface area contributed by atoms with E-state index < -0.39 is 0 Å². The quantitative estimate of drug-likeness (QED) is 0.841. The number of rotatable bonds is 5. The van der Waals surface area contributed by atoms with Crippen LogP contribution in [-0.2, 0) is 0 Å². The summed E-state index contributed by atoms with van der Waals surface area (Å²) in [4.78, 5) is 5.06. The predicted molar refractivity (Wildman–Crippen MR) is 86.9 cm³/mol. The lowest BCUT2D eigenvalue weighted by Gasteiger charge is -2.55. The van der Waals surface area contributed by atoms with Crippen LogP contribution >= 0.6 is 0 Å². The van der Waals surface area contributed by atoms with Crippen LogP contribution in [0, 0.1) is 5.41 Å². The molecule has 0 bridgehead atoms. The summed E-state index contributed by atoms with van der Waals surface area (Å²) >= 11 is 0. The standard InChI is InChI=1S/C17H35N3/c1-15(2)9-11-16(13-18,12-10-15)20(5)14-17(19(3)4)7-6-8-17/h6-14,18H2,1-5H3. The molecule has 2 rings (SSSR count). The molecule has 3 nitrogen and oxygen atoms in total. The number of hydrogen-bond acceptors (Lipinski definition) is 3. The molecule has 0 aromatic heterocycles. The Morgan fingerprint density at radius 3 is 1.75 bits per heavy atom. The normalized spacial score (nSPS) is 27.6. The molecule has 2 aliphatic rings. The van der Waals surface area contributed by atoms with Gasteiger partial charge in [0, 0.05) is 24.2 Å². The Morgan fingerprint density at radius 2 is 1.40 bits per heavy atom. The van der Waals surface area contributed by atoms with E-state index in [9.17, 15) is 0 Å². The fraction of sp³-hybridized carbons (Fsp3) is 1.00. The van der Waals surface area contributed by atoms with Gasteiger partial charge in [-0.3, -0.25) is 4.90 Å². The first-order chi connectivity index (χ1) is 9.25. The van der Waals surface area contributed by atoms with Crippen LogP contribution in [-0.4, -0.2) is 55.1 Å². The van der Waals surface area contributed by atoms with E-state index in [0.717, 1.165) is 6.54 Å². The number of nitrogens with two attached hydrogens (primary N) is 1. The summed E-state index contributed by atoms with van der Waals surface area (Å²) in [6.07, 6.45) is 9.21. The lowest BCUT2D eigenvalue weighted by atomic mass is 9.67. The lowest BCUT2D eigenvalue weighted by Crippen LogP contribution is -2.63. The van der Waals surface area contributed by atoms with Gasteiger partial charge in [0.1, 0.15) is 0 Å². The van der Waals surface area contributed by atoms with Gasteiger partial charge in [-0.25, -0.2) is 0 Å². The highest BCUT2D eigenvalue weighted by molar-refractivity contribution is 5.03. The summed E-state index contributed by atoms with van der Waals surface area (Å²) in [5.41, 5.74) is 7.39. The van der Waals surface area contributed by atoms with E-state index >= 15 is 0 Å². The van der Waals surface area contributed by atoms with Crippen LogP contribution in [0.15, 0.2) is 0 Å². The molecule has 0 radical (unpaired) electrons. The van der Waals surface area contributed by atoms with Crippen LogP contribution in [0.3, 0.4) is 0 Å². The highest BCUT2D eigenvalue weighted by Crippen LogP contribution is 2.44. The van der Waals surface area contributed by atoms with Crippen molar-refractivity contribution in [2.45, 2.75) is 69.9 Å². The maximum absolute atomic E-state index is 6.23. The zero-order valence-electron chi connectivity index (χ0n) is 14.3. The number of nitrogens with zero attached hydrogens (tertiary/aromatic N) is 2. The first-order valence-electron chi connectivity index (χ1n) is 8.34. The lowest BCUT2D eigenvalue weighted by molar-refractivity contribution is -0.0299. The fourth-order valence-electron chi connectivity index (χ4n) is 4.07. The van der Waals surface area contributed by atoms with Gasteiger partial charge in [-0.1, -0.05) is 13.8 Å². The molecule has 0 aliphatic heterocycles. The smallest absolute Gasteiger partial charge is 0.0330 e. The minimum absolute atomic E-state index is 0.244. The monoisotopic (exact) mass is 281 g/mol. The van der Waals surface area contributed by atoms with E-state index in [1.54, 1.807) is 0 Å². The Morgan fingerprint density at radius 1 is 0.850 bits per heavy atom. The largest absolute Gasteiger partial charge is 0.329 e. The van der Waals surface area contributed by atoms with E-state index in [2.05, 4.69) is 44.8 Å². The van der Waals surface area contributed by atoms with Crippen molar-refractivity contribution in [3.8, 4) is 0 Å². The van der Waals surface area contributed by atoms with Crippen molar-refractivity contribution >= 4 is 0 Å². The van der Waals surface area contributed by atoms with E-state index in [1.807, 2.05) is 0 Å². The molecule has 0 spiro atoms. The summed E-state index contributed by atoms with van der Waals surface area (Å²) in [6, 6.07) is 0. The molecule has 20 heavy (non-hydrogen) atoms. The minimum atomic E-state index is 0.244. The van der Waals surface area contributed by atoms with Crippen molar-refractivity contribution in [3.63, 3.8) is 0 Å². The van der Waals surface area contributed by atoms with Gasteiger partial charge in [-0.15, -0.1) is 0 Å². The molecule has 3 heteroatoms. The van der Waals surface area contributed by atoms with Gasteiger partial charge in [0.2, 0.25) is 0 Å². The average Bonchev–Trinajstić information content (AvgIpc) is 2.33. The molecule has 2 saturated carbocycles. The van der Waals surface area contributed by atoms with E-state index in [4.69, 9.17) is 5.73 Å². The van der Waals surface area contributed by atoms with Crippen LogP contribution in [0.5, 0.6) is 0 Å². The fourth-order valence-corrected chi connectivity index (χ4v) is 4.07.